The quantitative estimate of drug-likeness (QED) is 0.761. The van der Waals surface area contributed by atoms with Crippen LogP contribution in [0, 0.1) is 0 Å². The minimum absolute atomic E-state index is 0.262. The zero-order valence-electron chi connectivity index (χ0n) is 15.9. The van der Waals surface area contributed by atoms with Crippen LogP contribution in [0.4, 0.5) is 9.93 Å². The molecule has 2 N–H and O–H groups in total. The monoisotopic (exact) mass is 389 g/mol. The molecule has 3 rings (SSSR count). The first-order chi connectivity index (χ1) is 13.1. The number of nitrogens with one attached hydrogen (secondary N) is 2. The third-order valence-corrected chi connectivity index (χ3v) is 5.23. The second-order valence-corrected chi connectivity index (χ2v) is 7.86. The summed E-state index contributed by atoms with van der Waals surface area (Å²) in [6, 6.07) is 8.07. The Labute approximate surface area is 164 Å². The molecular formula is C19H27N5O2S. The summed E-state index contributed by atoms with van der Waals surface area (Å²) in [7, 11) is 0. The Morgan fingerprint density at radius 2 is 2.22 bits per heavy atom. The average Bonchev–Trinajstić information content (AvgIpc) is 3.08. The van der Waals surface area contributed by atoms with E-state index in [-0.39, 0.29) is 12.1 Å². The SMILES string of the molecule is CCCc1nnc(NC(=O)NCc2cccc(CN3CCOC(C)C3)c2)s1. The number of aryl methyl sites for hydroxylation is 1. The summed E-state index contributed by atoms with van der Waals surface area (Å²) >= 11 is 1.42. The lowest BCUT2D eigenvalue weighted by atomic mass is 10.1. The minimum atomic E-state index is -0.262. The first-order valence-electron chi connectivity index (χ1n) is 9.41. The van der Waals surface area contributed by atoms with E-state index in [1.165, 1.54) is 16.9 Å². The molecule has 0 bridgehead atoms. The molecule has 1 aliphatic heterocycles. The lowest BCUT2D eigenvalue weighted by Gasteiger charge is -2.31. The van der Waals surface area contributed by atoms with Crippen molar-refractivity contribution >= 4 is 22.5 Å². The molecule has 27 heavy (non-hydrogen) atoms. The fourth-order valence-corrected chi connectivity index (χ4v) is 3.91. The van der Waals surface area contributed by atoms with Crippen LogP contribution in [0.25, 0.3) is 0 Å². The number of morpholine rings is 1. The molecule has 1 fully saturated rings. The number of amides is 2. The first-order valence-corrected chi connectivity index (χ1v) is 10.2. The molecule has 7 nitrogen and oxygen atoms in total. The van der Waals surface area contributed by atoms with Crippen LogP contribution < -0.4 is 10.6 Å². The standard InChI is InChI=1S/C19H27N5O2S/c1-3-5-17-22-23-19(27-17)21-18(25)20-11-15-6-4-7-16(10-15)13-24-8-9-26-14(2)12-24/h4,6-7,10,14H,3,5,8-9,11-13H2,1-2H3,(H2,20,21,23,25). The predicted octanol–water partition coefficient (Wildman–Crippen LogP) is 3.03. The summed E-state index contributed by atoms with van der Waals surface area (Å²) in [5.74, 6) is 0. The summed E-state index contributed by atoms with van der Waals surface area (Å²) < 4.78 is 5.59. The van der Waals surface area contributed by atoms with E-state index in [2.05, 4.69) is 51.7 Å². The van der Waals surface area contributed by atoms with Gasteiger partial charge >= 0.3 is 6.03 Å². The highest BCUT2D eigenvalue weighted by atomic mass is 32.1. The molecule has 2 heterocycles. The van der Waals surface area contributed by atoms with Crippen LogP contribution in [-0.2, 0) is 24.2 Å². The van der Waals surface area contributed by atoms with Crippen molar-refractivity contribution in [2.45, 2.75) is 45.9 Å². The van der Waals surface area contributed by atoms with E-state index in [0.717, 1.165) is 49.7 Å². The Morgan fingerprint density at radius 3 is 3.04 bits per heavy atom. The van der Waals surface area contributed by atoms with Crippen molar-refractivity contribution in [3.63, 3.8) is 0 Å². The maximum Gasteiger partial charge on any atom is 0.321 e. The van der Waals surface area contributed by atoms with Gasteiger partial charge in [-0.15, -0.1) is 10.2 Å². The van der Waals surface area contributed by atoms with Gasteiger partial charge in [0.1, 0.15) is 5.01 Å². The third-order valence-electron chi connectivity index (χ3n) is 4.33. The van der Waals surface area contributed by atoms with Crippen molar-refractivity contribution in [3.8, 4) is 0 Å². The summed E-state index contributed by atoms with van der Waals surface area (Å²) in [5, 5.41) is 15.2. The van der Waals surface area contributed by atoms with E-state index in [0.29, 0.717) is 11.7 Å². The van der Waals surface area contributed by atoms with E-state index < -0.39 is 0 Å². The average molecular weight is 390 g/mol. The van der Waals surface area contributed by atoms with Crippen LogP contribution in [0.1, 0.15) is 36.4 Å². The number of anilines is 1. The number of nitrogens with zero attached hydrogens (tertiary/aromatic N) is 3. The number of urea groups is 1. The van der Waals surface area contributed by atoms with Crippen molar-refractivity contribution in [1.29, 1.82) is 0 Å². The molecule has 1 aromatic carbocycles. The van der Waals surface area contributed by atoms with Gasteiger partial charge in [-0.25, -0.2) is 4.79 Å². The van der Waals surface area contributed by atoms with Crippen molar-refractivity contribution in [1.82, 2.24) is 20.4 Å². The highest BCUT2D eigenvalue weighted by Crippen LogP contribution is 2.16. The minimum Gasteiger partial charge on any atom is -0.376 e. The Balaban J connectivity index is 1.48. The maximum atomic E-state index is 12.1. The number of hydrogen-bond acceptors (Lipinski definition) is 6. The summed E-state index contributed by atoms with van der Waals surface area (Å²) in [6.07, 6.45) is 2.18. The molecule has 0 saturated carbocycles. The Morgan fingerprint density at radius 1 is 1.37 bits per heavy atom. The summed E-state index contributed by atoms with van der Waals surface area (Å²) in [6.45, 7) is 8.26. The van der Waals surface area contributed by atoms with Gasteiger partial charge in [-0.05, 0) is 24.5 Å². The number of ether oxygens (including phenoxy) is 1. The van der Waals surface area contributed by atoms with Crippen molar-refractivity contribution < 1.29 is 9.53 Å². The molecule has 2 aromatic rings. The van der Waals surface area contributed by atoms with Gasteiger partial charge in [-0.3, -0.25) is 10.2 Å². The zero-order valence-corrected chi connectivity index (χ0v) is 16.7. The van der Waals surface area contributed by atoms with Crippen molar-refractivity contribution in [2.75, 3.05) is 25.0 Å². The smallest absolute Gasteiger partial charge is 0.321 e. The zero-order chi connectivity index (χ0) is 19.1. The Bertz CT molecular complexity index is 751. The van der Waals surface area contributed by atoms with Gasteiger partial charge in [-0.2, -0.15) is 0 Å². The van der Waals surface area contributed by atoms with Gasteiger partial charge in [0.2, 0.25) is 5.13 Å². The van der Waals surface area contributed by atoms with Crippen LogP contribution in [0.2, 0.25) is 0 Å². The molecule has 0 spiro atoms. The van der Waals surface area contributed by atoms with E-state index >= 15 is 0 Å². The second kappa shape index (κ2) is 9.77. The molecule has 146 valence electrons. The van der Waals surface area contributed by atoms with Crippen molar-refractivity contribution in [2.24, 2.45) is 0 Å². The number of benzene rings is 1. The van der Waals surface area contributed by atoms with Gasteiger partial charge in [0.25, 0.3) is 0 Å². The normalized spacial score (nSPS) is 17.6. The number of hydrogen-bond donors (Lipinski definition) is 2. The molecule has 1 atom stereocenters. The molecule has 0 radical (unpaired) electrons. The molecule has 8 heteroatoms. The largest absolute Gasteiger partial charge is 0.376 e. The van der Waals surface area contributed by atoms with E-state index in [1.54, 1.807) is 0 Å². The lowest BCUT2D eigenvalue weighted by molar-refractivity contribution is -0.0212. The van der Waals surface area contributed by atoms with Gasteiger partial charge in [0.05, 0.1) is 12.7 Å². The van der Waals surface area contributed by atoms with E-state index in [9.17, 15) is 4.79 Å². The van der Waals surface area contributed by atoms with Crippen LogP contribution >= 0.6 is 11.3 Å². The first kappa shape index (κ1) is 19.7. The van der Waals surface area contributed by atoms with Crippen LogP contribution in [0.15, 0.2) is 24.3 Å². The summed E-state index contributed by atoms with van der Waals surface area (Å²) in [4.78, 5) is 14.5. The lowest BCUT2D eigenvalue weighted by Crippen LogP contribution is -2.40. The summed E-state index contributed by atoms with van der Waals surface area (Å²) in [5.41, 5.74) is 2.32. The number of rotatable bonds is 7. The van der Waals surface area contributed by atoms with Gasteiger partial charge in [0.15, 0.2) is 0 Å². The number of carbonyl (C=O) groups is 1. The molecular weight excluding hydrogens is 362 g/mol. The molecule has 1 saturated heterocycles. The third kappa shape index (κ3) is 6.27. The molecule has 1 aromatic heterocycles. The van der Waals surface area contributed by atoms with Gasteiger partial charge in [-0.1, -0.05) is 42.5 Å². The number of carbonyl (C=O) groups excluding carboxylic acids is 1. The number of aromatic nitrogens is 2. The molecule has 1 aliphatic rings. The van der Waals surface area contributed by atoms with E-state index in [1.807, 2.05) is 12.1 Å². The van der Waals surface area contributed by atoms with Gasteiger partial charge < -0.3 is 10.1 Å². The topological polar surface area (TPSA) is 79.4 Å². The second-order valence-electron chi connectivity index (χ2n) is 6.80. The molecule has 2 amide bonds. The molecule has 1 unspecified atom stereocenters. The van der Waals surface area contributed by atoms with Gasteiger partial charge in [0, 0.05) is 32.6 Å². The van der Waals surface area contributed by atoms with E-state index in [4.69, 9.17) is 4.74 Å². The predicted molar refractivity (Wildman–Crippen MR) is 107 cm³/mol. The fraction of sp³-hybridized carbons (Fsp3) is 0.526. The Kier molecular flexibility index (Phi) is 7.14. The highest BCUT2D eigenvalue weighted by Gasteiger charge is 2.16. The fourth-order valence-electron chi connectivity index (χ4n) is 3.07. The van der Waals surface area contributed by atoms with Crippen LogP contribution in [-0.4, -0.2) is 46.9 Å². The van der Waals surface area contributed by atoms with Crippen molar-refractivity contribution in [3.05, 3.63) is 40.4 Å². The highest BCUT2D eigenvalue weighted by molar-refractivity contribution is 7.15. The Hall–Kier alpha value is -2.03. The van der Waals surface area contributed by atoms with Crippen LogP contribution in [0.5, 0.6) is 0 Å². The van der Waals surface area contributed by atoms with Crippen LogP contribution in [0.3, 0.4) is 0 Å². The maximum absolute atomic E-state index is 12.1. The molecule has 0 aliphatic carbocycles.